The Labute approximate surface area is 91.3 Å². The fourth-order valence-electron chi connectivity index (χ4n) is 0. The van der Waals surface area contributed by atoms with Crippen molar-refractivity contribution in [2.24, 2.45) is 0 Å². The summed E-state index contributed by atoms with van der Waals surface area (Å²) in [6.45, 7) is 0. The summed E-state index contributed by atoms with van der Waals surface area (Å²) >= 11 is 3.14. The third kappa shape index (κ3) is 8.83. The van der Waals surface area contributed by atoms with Crippen LogP contribution in [-0.4, -0.2) is 51.4 Å². The van der Waals surface area contributed by atoms with Crippen molar-refractivity contribution in [3.63, 3.8) is 0 Å². The zero-order valence-corrected chi connectivity index (χ0v) is 8.59. The number of hydrogen-bond donors (Lipinski definition) is 0. The first-order chi connectivity index (χ1) is 1.00. The second-order valence-electron chi connectivity index (χ2n) is 0. The number of hydrogen-bond acceptors (Lipinski definition) is 0. The summed E-state index contributed by atoms with van der Waals surface area (Å²) in [5.74, 6) is 0. The fourth-order valence-corrected chi connectivity index (χ4v) is 0. The first-order valence-corrected chi connectivity index (χ1v) is 0.429. The minimum Gasteiger partial charge on any atom is -0.116 e. The van der Waals surface area contributed by atoms with Crippen molar-refractivity contribution in [1.82, 2.24) is 0 Å². The van der Waals surface area contributed by atoms with E-state index >= 15 is 0 Å². The maximum absolute atomic E-state index is 8.97. The molecule has 0 unspecified atom stereocenters. The molecule has 0 heterocycles. The van der Waals surface area contributed by atoms with Crippen molar-refractivity contribution in [3.8, 4) is 0 Å². The van der Waals surface area contributed by atoms with E-state index in [2.05, 4.69) is 12.0 Å². The van der Waals surface area contributed by atoms with Gasteiger partial charge in [0.2, 0.25) is 0 Å². The first kappa shape index (κ1) is 15.9. The van der Waals surface area contributed by atoms with Gasteiger partial charge in [0.25, 0.3) is 0 Å². The van der Waals surface area contributed by atoms with E-state index in [1.54, 1.807) is 0 Å². The van der Waals surface area contributed by atoms with Crippen molar-refractivity contribution in [2.75, 3.05) is 0 Å². The topological polar surface area (TPSA) is 0 Å². The first-order valence-electron chi connectivity index (χ1n) is 0.143. The van der Waals surface area contributed by atoms with Gasteiger partial charge in [0.05, 0.1) is 0 Å². The molecule has 0 amide bonds. The molecule has 19 valence electrons. The van der Waals surface area contributed by atoms with Gasteiger partial charge in [-0.25, -0.2) is 0 Å². The molecule has 0 fully saturated rings. The van der Waals surface area contributed by atoms with Crippen LogP contribution in [0, 0.1) is 0 Å². The van der Waals surface area contributed by atoms with Crippen LogP contribution in [0.4, 0.5) is 3.98 Å². The van der Waals surface area contributed by atoms with Gasteiger partial charge in [-0.05, 0) is 0 Å². The predicted molar refractivity (Wildman–Crippen MR) is 12.7 cm³/mol. The van der Waals surface area contributed by atoms with Gasteiger partial charge in [-0.2, -0.15) is 0 Å². The predicted octanol–water partition coefficient (Wildman–Crippen LogP) is 0.726. The average molecular weight is 185 g/mol. The summed E-state index contributed by atoms with van der Waals surface area (Å²) in [7, 11) is 0. The summed E-state index contributed by atoms with van der Waals surface area (Å²) in [6.07, 6.45) is 0. The summed E-state index contributed by atoms with van der Waals surface area (Å²) in [6, 6.07) is 0. The molecule has 0 saturated carbocycles. The standard InChI is InChI=1S/ClF.K.Zr/c1-2;;. The van der Waals surface area contributed by atoms with Crippen LogP contribution in [0.2, 0.25) is 0 Å². The molecule has 0 bridgehead atoms. The van der Waals surface area contributed by atoms with Crippen LogP contribution < -0.4 is 0 Å². The van der Waals surface area contributed by atoms with E-state index in [0.29, 0.717) is 0 Å². The Kier molecular flexibility index (Phi) is 68.2. The molecule has 4 heteroatoms. The van der Waals surface area contributed by atoms with Gasteiger partial charge in [-0.1, -0.05) is 0 Å². The summed E-state index contributed by atoms with van der Waals surface area (Å²) in [5.41, 5.74) is 0. The molecule has 0 N–H and O–H groups in total. The molecule has 4 heavy (non-hydrogen) atoms. The van der Waals surface area contributed by atoms with Gasteiger partial charge in [0.1, 0.15) is 12.0 Å². The van der Waals surface area contributed by atoms with Crippen LogP contribution in [0.3, 0.4) is 0 Å². The number of rotatable bonds is 0. The normalized spacial score (nSPS) is 1.50. The molecular formula is ClFKZr. The molecular weight excluding hydrogens is 185 g/mol. The van der Waals surface area contributed by atoms with Crippen molar-refractivity contribution >= 4 is 63.3 Å². The van der Waals surface area contributed by atoms with Crippen molar-refractivity contribution < 1.29 is 30.2 Å². The summed E-state index contributed by atoms with van der Waals surface area (Å²) in [4.78, 5) is 0. The summed E-state index contributed by atoms with van der Waals surface area (Å²) in [5, 5.41) is 0. The Morgan fingerprint density at radius 3 is 1.25 bits per heavy atom. The molecule has 1 radical (unpaired) electrons. The van der Waals surface area contributed by atoms with E-state index in [1.807, 2.05) is 0 Å². The van der Waals surface area contributed by atoms with Crippen LogP contribution in [-0.2, 0) is 26.2 Å². The van der Waals surface area contributed by atoms with Gasteiger partial charge >= 0.3 is 0 Å². The van der Waals surface area contributed by atoms with E-state index < -0.39 is 0 Å². The van der Waals surface area contributed by atoms with Crippen LogP contribution in [0.1, 0.15) is 0 Å². The van der Waals surface area contributed by atoms with E-state index in [0.717, 1.165) is 0 Å². The average Bonchev–Trinajstić information content (AvgIpc) is 1.00. The monoisotopic (exact) mass is 183 g/mol. The Bertz CT molecular complexity index is 8.00. The zero-order valence-electron chi connectivity index (χ0n) is 2.26. The second-order valence-corrected chi connectivity index (χ2v) is 0. The van der Waals surface area contributed by atoms with Crippen LogP contribution in [0.15, 0.2) is 0 Å². The maximum atomic E-state index is 8.97. The molecule has 0 saturated heterocycles. The Morgan fingerprint density at radius 2 is 1.25 bits per heavy atom. The van der Waals surface area contributed by atoms with Gasteiger partial charge in [0.15, 0.2) is 0 Å². The third-order valence-electron chi connectivity index (χ3n) is 0. The largest absolute Gasteiger partial charge is 0.116 e. The van der Waals surface area contributed by atoms with Gasteiger partial charge < -0.3 is 0 Å². The van der Waals surface area contributed by atoms with Crippen LogP contribution in [0.25, 0.3) is 0 Å². The minimum atomic E-state index is 0. The zero-order chi connectivity index (χ0) is 2.00. The smallest absolute Gasteiger partial charge is 0.116 e. The van der Waals surface area contributed by atoms with E-state index in [9.17, 15) is 0 Å². The Hall–Kier alpha value is 2.74. The number of halogens is 2. The Morgan fingerprint density at radius 1 is 1.25 bits per heavy atom. The molecule has 0 nitrogen and oxygen atoms in total. The molecule has 0 aromatic rings. The van der Waals surface area contributed by atoms with Crippen molar-refractivity contribution in [2.45, 2.75) is 0 Å². The maximum Gasteiger partial charge on any atom is 0.116 e. The SMILES string of the molecule is FCl.[K].[Zr]. The van der Waals surface area contributed by atoms with E-state index in [-0.39, 0.29) is 77.6 Å². The molecule has 0 aromatic carbocycles. The quantitative estimate of drug-likeness (QED) is 0.487. The molecule has 0 aliphatic carbocycles. The van der Waals surface area contributed by atoms with E-state index in [4.69, 9.17) is 3.98 Å². The fraction of sp³-hybridized carbons (Fsp3) is 0. The molecule has 0 aliphatic rings. The van der Waals surface area contributed by atoms with E-state index in [1.165, 1.54) is 0 Å². The van der Waals surface area contributed by atoms with Crippen molar-refractivity contribution in [1.29, 1.82) is 0 Å². The minimum absolute atomic E-state index is 0. The van der Waals surface area contributed by atoms with Crippen LogP contribution in [0.5, 0.6) is 0 Å². The second kappa shape index (κ2) is 17.2. The van der Waals surface area contributed by atoms with Crippen molar-refractivity contribution in [3.05, 3.63) is 0 Å². The van der Waals surface area contributed by atoms with Gasteiger partial charge in [0, 0.05) is 77.6 Å². The molecule has 0 atom stereocenters. The Balaban J connectivity index is -0.00000000500. The van der Waals surface area contributed by atoms with Crippen LogP contribution >= 0.6 is 12.0 Å². The molecule has 0 aliphatic heterocycles. The third-order valence-corrected chi connectivity index (χ3v) is 0. The molecule has 0 rings (SSSR count). The van der Waals surface area contributed by atoms with Gasteiger partial charge in [-0.3, -0.25) is 0 Å². The molecule has 0 aromatic heterocycles. The van der Waals surface area contributed by atoms with Gasteiger partial charge in [-0.15, -0.1) is 3.98 Å². The molecule has 0 spiro atoms. The summed E-state index contributed by atoms with van der Waals surface area (Å²) < 4.78 is 8.97.